The van der Waals surface area contributed by atoms with E-state index in [2.05, 4.69) is 6.07 Å². The third-order valence-electron chi connectivity index (χ3n) is 3.01. The molecule has 1 N–H and O–H groups in total. The van der Waals surface area contributed by atoms with Crippen molar-refractivity contribution in [2.75, 3.05) is 32.1 Å². The summed E-state index contributed by atoms with van der Waals surface area (Å²) in [6.07, 6.45) is 0. The van der Waals surface area contributed by atoms with Gasteiger partial charge in [0, 0.05) is 6.54 Å². The van der Waals surface area contributed by atoms with Gasteiger partial charge in [-0.2, -0.15) is 5.26 Å². The van der Waals surface area contributed by atoms with Gasteiger partial charge in [-0.05, 0) is 17.7 Å². The molecule has 1 aromatic rings. The number of nitrogens with zero attached hydrogens (tertiary/aromatic N) is 2. The van der Waals surface area contributed by atoms with Gasteiger partial charge in [0.25, 0.3) is 0 Å². The van der Waals surface area contributed by atoms with Gasteiger partial charge < -0.3 is 14.7 Å². The number of aliphatic hydroxyl groups is 1. The molecule has 1 heterocycles. The van der Waals surface area contributed by atoms with Crippen LogP contribution in [0.3, 0.4) is 0 Å². The fourth-order valence-corrected chi connectivity index (χ4v) is 3.24. The van der Waals surface area contributed by atoms with E-state index in [1.807, 2.05) is 12.1 Å². The minimum Gasteiger partial charge on any atom is -0.394 e. The number of ether oxygens (including phenoxy) is 1. The Kier molecular flexibility index (Phi) is 5.41. The van der Waals surface area contributed by atoms with Crippen LogP contribution < -0.4 is 0 Å². The molecule has 5 nitrogen and oxygen atoms in total. The quantitative estimate of drug-likeness (QED) is 0.796. The Balaban J connectivity index is 2.01. The van der Waals surface area contributed by atoms with E-state index in [1.54, 1.807) is 28.8 Å². The number of hydrogen-bond acceptors (Lipinski definition) is 5. The van der Waals surface area contributed by atoms with E-state index in [1.165, 1.54) is 0 Å². The molecular weight excluding hydrogens is 276 g/mol. The third kappa shape index (κ3) is 3.51. The Morgan fingerprint density at radius 1 is 1.40 bits per heavy atom. The number of aliphatic hydroxyl groups excluding tert-OH is 1. The Labute approximate surface area is 122 Å². The van der Waals surface area contributed by atoms with Crippen molar-refractivity contribution < 1.29 is 14.6 Å². The summed E-state index contributed by atoms with van der Waals surface area (Å²) >= 11 is 1.58. The summed E-state index contributed by atoms with van der Waals surface area (Å²) in [6, 6.07) is 9.38. The first-order chi connectivity index (χ1) is 9.76. The third-order valence-corrected chi connectivity index (χ3v) is 4.26. The molecule has 2 rings (SSSR count). The minimum absolute atomic E-state index is 0.0122. The molecule has 0 aliphatic carbocycles. The van der Waals surface area contributed by atoms with Gasteiger partial charge in [0.2, 0.25) is 5.91 Å². The maximum atomic E-state index is 11.9. The predicted molar refractivity (Wildman–Crippen MR) is 76.0 cm³/mol. The zero-order chi connectivity index (χ0) is 14.4. The lowest BCUT2D eigenvalue weighted by Gasteiger charge is -2.24. The second kappa shape index (κ2) is 7.29. The highest BCUT2D eigenvalue weighted by Gasteiger charge is 2.32. The molecule has 1 aromatic carbocycles. The van der Waals surface area contributed by atoms with Crippen molar-refractivity contribution in [1.82, 2.24) is 4.90 Å². The predicted octanol–water partition coefficient (Wildman–Crippen LogP) is 1.14. The largest absolute Gasteiger partial charge is 0.394 e. The lowest BCUT2D eigenvalue weighted by atomic mass is 10.1. The van der Waals surface area contributed by atoms with Crippen molar-refractivity contribution in [2.45, 2.75) is 5.37 Å². The van der Waals surface area contributed by atoms with Crippen LogP contribution in [-0.4, -0.2) is 48.0 Å². The number of amides is 1. The molecule has 6 heteroatoms. The molecule has 1 saturated heterocycles. The number of benzene rings is 1. The lowest BCUT2D eigenvalue weighted by Crippen LogP contribution is -2.31. The van der Waals surface area contributed by atoms with E-state index in [4.69, 9.17) is 15.1 Å². The van der Waals surface area contributed by atoms with Gasteiger partial charge in [-0.3, -0.25) is 4.79 Å². The standard InChI is InChI=1S/C14H16N2O3S/c15-9-11-1-3-12(4-2-11)14-16(13(18)10-20-14)5-7-19-8-6-17/h1-4,14,17H,5-8,10H2. The first-order valence-electron chi connectivity index (χ1n) is 6.36. The molecule has 20 heavy (non-hydrogen) atoms. The maximum absolute atomic E-state index is 11.9. The number of hydrogen-bond donors (Lipinski definition) is 1. The maximum Gasteiger partial charge on any atom is 0.233 e. The summed E-state index contributed by atoms with van der Waals surface area (Å²) in [5, 5.41) is 17.4. The molecular formula is C14H16N2O3S. The van der Waals surface area contributed by atoms with Crippen LogP contribution in [0.2, 0.25) is 0 Å². The summed E-state index contributed by atoms with van der Waals surface area (Å²) < 4.78 is 5.22. The van der Waals surface area contributed by atoms with Gasteiger partial charge in [0.05, 0.1) is 37.2 Å². The van der Waals surface area contributed by atoms with Crippen LogP contribution in [0.4, 0.5) is 0 Å². The summed E-state index contributed by atoms with van der Waals surface area (Å²) in [6.45, 7) is 1.20. The van der Waals surface area contributed by atoms with Gasteiger partial charge in [0.1, 0.15) is 5.37 Å². The summed E-state index contributed by atoms with van der Waals surface area (Å²) in [4.78, 5) is 13.7. The summed E-state index contributed by atoms with van der Waals surface area (Å²) in [5.74, 6) is 0.557. The Bertz CT molecular complexity index is 498. The van der Waals surface area contributed by atoms with Gasteiger partial charge in [-0.25, -0.2) is 0 Å². The van der Waals surface area contributed by atoms with Crippen LogP contribution in [0, 0.1) is 11.3 Å². The van der Waals surface area contributed by atoms with Crippen LogP contribution in [0.5, 0.6) is 0 Å². The monoisotopic (exact) mass is 292 g/mol. The van der Waals surface area contributed by atoms with Crippen LogP contribution in [-0.2, 0) is 9.53 Å². The first kappa shape index (κ1) is 14.9. The molecule has 1 amide bonds. The average molecular weight is 292 g/mol. The molecule has 0 radical (unpaired) electrons. The smallest absolute Gasteiger partial charge is 0.233 e. The average Bonchev–Trinajstić information content (AvgIpc) is 2.85. The first-order valence-corrected chi connectivity index (χ1v) is 7.41. The van der Waals surface area contributed by atoms with E-state index in [0.29, 0.717) is 24.5 Å². The highest BCUT2D eigenvalue weighted by atomic mass is 32.2. The van der Waals surface area contributed by atoms with Gasteiger partial charge >= 0.3 is 0 Å². The second-order valence-electron chi connectivity index (χ2n) is 4.32. The molecule has 0 aromatic heterocycles. The van der Waals surface area contributed by atoms with E-state index < -0.39 is 0 Å². The van der Waals surface area contributed by atoms with Crippen LogP contribution in [0.1, 0.15) is 16.5 Å². The summed E-state index contributed by atoms with van der Waals surface area (Å²) in [7, 11) is 0. The fraction of sp³-hybridized carbons (Fsp3) is 0.429. The Morgan fingerprint density at radius 2 is 2.15 bits per heavy atom. The van der Waals surface area contributed by atoms with Crippen molar-refractivity contribution in [3.8, 4) is 6.07 Å². The van der Waals surface area contributed by atoms with Crippen molar-refractivity contribution >= 4 is 17.7 Å². The van der Waals surface area contributed by atoms with E-state index in [9.17, 15) is 4.79 Å². The zero-order valence-corrected chi connectivity index (χ0v) is 11.8. The number of carbonyl (C=O) groups is 1. The lowest BCUT2D eigenvalue weighted by molar-refractivity contribution is -0.128. The number of carbonyl (C=O) groups excluding carboxylic acids is 1. The van der Waals surface area contributed by atoms with Crippen LogP contribution in [0.15, 0.2) is 24.3 Å². The molecule has 1 aliphatic rings. The van der Waals surface area contributed by atoms with E-state index >= 15 is 0 Å². The number of nitriles is 1. The summed E-state index contributed by atoms with van der Waals surface area (Å²) in [5.41, 5.74) is 1.63. The molecule has 1 fully saturated rings. The number of thioether (sulfide) groups is 1. The van der Waals surface area contributed by atoms with Gasteiger partial charge in [-0.1, -0.05) is 12.1 Å². The topological polar surface area (TPSA) is 73.6 Å². The number of rotatable bonds is 6. The molecule has 0 saturated carbocycles. The molecule has 1 atom stereocenters. The van der Waals surface area contributed by atoms with E-state index in [0.717, 1.165) is 5.56 Å². The SMILES string of the molecule is N#Cc1ccc(C2SCC(=O)N2CCOCCO)cc1. The van der Waals surface area contributed by atoms with E-state index in [-0.39, 0.29) is 24.5 Å². The molecule has 0 bridgehead atoms. The van der Waals surface area contributed by atoms with Crippen molar-refractivity contribution in [3.05, 3.63) is 35.4 Å². The van der Waals surface area contributed by atoms with Crippen molar-refractivity contribution in [3.63, 3.8) is 0 Å². The van der Waals surface area contributed by atoms with Gasteiger partial charge in [0.15, 0.2) is 0 Å². The van der Waals surface area contributed by atoms with Crippen LogP contribution in [0.25, 0.3) is 0 Å². The minimum atomic E-state index is -0.0204. The second-order valence-corrected chi connectivity index (χ2v) is 5.39. The molecule has 1 aliphatic heterocycles. The zero-order valence-electron chi connectivity index (χ0n) is 11.0. The highest BCUT2D eigenvalue weighted by molar-refractivity contribution is 8.00. The molecule has 106 valence electrons. The molecule has 1 unspecified atom stereocenters. The Morgan fingerprint density at radius 3 is 2.80 bits per heavy atom. The highest BCUT2D eigenvalue weighted by Crippen LogP contribution is 2.38. The Hall–Kier alpha value is -1.55. The van der Waals surface area contributed by atoms with Crippen molar-refractivity contribution in [2.24, 2.45) is 0 Å². The van der Waals surface area contributed by atoms with Crippen molar-refractivity contribution in [1.29, 1.82) is 5.26 Å². The molecule has 0 spiro atoms. The normalized spacial score (nSPS) is 18.3. The van der Waals surface area contributed by atoms with Crippen LogP contribution >= 0.6 is 11.8 Å². The fourth-order valence-electron chi connectivity index (χ4n) is 2.02. The van der Waals surface area contributed by atoms with Gasteiger partial charge in [-0.15, -0.1) is 11.8 Å².